The van der Waals surface area contributed by atoms with Crippen molar-refractivity contribution in [2.45, 2.75) is 50.3 Å². The van der Waals surface area contributed by atoms with Crippen molar-refractivity contribution in [3.63, 3.8) is 0 Å². The van der Waals surface area contributed by atoms with Crippen LogP contribution in [0.1, 0.15) is 25.7 Å². The molecule has 16 heavy (non-hydrogen) atoms. The van der Waals surface area contributed by atoms with Gasteiger partial charge in [0.1, 0.15) is 6.10 Å². The van der Waals surface area contributed by atoms with E-state index in [1.165, 1.54) is 0 Å². The maximum absolute atomic E-state index is 9.97. The van der Waals surface area contributed by atoms with Gasteiger partial charge >= 0.3 is 0 Å². The lowest BCUT2D eigenvalue weighted by atomic mass is 9.84. The fourth-order valence-electron chi connectivity index (χ4n) is 2.52. The largest absolute Gasteiger partial charge is 0.394 e. The van der Waals surface area contributed by atoms with Gasteiger partial charge in [-0.3, -0.25) is 0 Å². The molecular weight excluding hydrogens is 212 g/mol. The first-order chi connectivity index (χ1) is 7.74. The van der Waals surface area contributed by atoms with Crippen LogP contribution in [0.5, 0.6) is 0 Å². The van der Waals surface area contributed by atoms with Gasteiger partial charge in [0.05, 0.1) is 18.8 Å². The monoisotopic (exact) mass is 232 g/mol. The normalized spacial score (nSPS) is 45.6. The van der Waals surface area contributed by atoms with Crippen LogP contribution < -0.4 is 0 Å². The summed E-state index contributed by atoms with van der Waals surface area (Å²) in [5, 5.41) is 29.0. The molecular formula is C11H20O5. The number of hydrogen-bond acceptors (Lipinski definition) is 5. The number of rotatable bonds is 1. The first kappa shape index (κ1) is 12.3. The zero-order valence-electron chi connectivity index (χ0n) is 9.29. The van der Waals surface area contributed by atoms with E-state index in [0.29, 0.717) is 6.61 Å². The van der Waals surface area contributed by atoms with E-state index >= 15 is 0 Å². The SMILES string of the molecule is OC[C@H]1O[C@@H]2OCCCCC[C@H]1C(O)C2O. The molecule has 0 radical (unpaired) electrons. The molecule has 3 aliphatic rings. The number of fused-ring (bicyclic) bond motifs is 7. The molecule has 94 valence electrons. The summed E-state index contributed by atoms with van der Waals surface area (Å²) in [5.41, 5.74) is 0. The van der Waals surface area contributed by atoms with Crippen molar-refractivity contribution in [3.05, 3.63) is 0 Å². The molecule has 3 aliphatic heterocycles. The highest BCUT2D eigenvalue weighted by atomic mass is 16.7. The Bertz CT molecular complexity index is 218. The average molecular weight is 232 g/mol. The molecule has 5 heteroatoms. The fraction of sp³-hybridized carbons (Fsp3) is 1.00. The molecule has 2 unspecified atom stereocenters. The Kier molecular flexibility index (Phi) is 4.16. The standard InChI is InChI=1S/C11H20O5/c12-6-8-7-4-2-1-3-5-15-11(16-8)10(14)9(7)13/h7-14H,1-6H2/t7-,8-,9?,10?,11+/m1/s1. The summed E-state index contributed by atoms with van der Waals surface area (Å²) in [6.07, 6.45) is 0.616. The Morgan fingerprint density at radius 2 is 1.88 bits per heavy atom. The third-order valence-corrected chi connectivity index (χ3v) is 3.50. The van der Waals surface area contributed by atoms with Gasteiger partial charge in [-0.15, -0.1) is 0 Å². The number of aliphatic hydroxyl groups is 3. The molecule has 0 aromatic carbocycles. The minimum Gasteiger partial charge on any atom is -0.394 e. The summed E-state index contributed by atoms with van der Waals surface area (Å²) in [6, 6.07) is 0. The Hall–Kier alpha value is -0.200. The first-order valence-electron chi connectivity index (χ1n) is 5.98. The molecule has 5 atom stereocenters. The highest BCUT2D eigenvalue weighted by Gasteiger charge is 2.44. The Balaban J connectivity index is 2.12. The molecule has 0 aromatic heterocycles. The fourth-order valence-corrected chi connectivity index (χ4v) is 2.52. The minimum absolute atomic E-state index is 0.145. The van der Waals surface area contributed by atoms with E-state index in [0.717, 1.165) is 25.7 Å². The zero-order chi connectivity index (χ0) is 11.5. The molecule has 3 saturated heterocycles. The topological polar surface area (TPSA) is 79.2 Å². The van der Waals surface area contributed by atoms with E-state index < -0.39 is 24.6 Å². The van der Waals surface area contributed by atoms with E-state index in [-0.39, 0.29) is 12.5 Å². The summed E-state index contributed by atoms with van der Waals surface area (Å²) in [5.74, 6) is -0.196. The molecule has 3 N–H and O–H groups in total. The smallest absolute Gasteiger partial charge is 0.186 e. The Labute approximate surface area is 95.0 Å². The third-order valence-electron chi connectivity index (χ3n) is 3.50. The van der Waals surface area contributed by atoms with Crippen LogP contribution in [-0.4, -0.2) is 53.1 Å². The highest BCUT2D eigenvalue weighted by Crippen LogP contribution is 2.31. The van der Waals surface area contributed by atoms with Crippen LogP contribution in [0.4, 0.5) is 0 Å². The lowest BCUT2D eigenvalue weighted by Crippen LogP contribution is -2.56. The van der Waals surface area contributed by atoms with E-state index in [9.17, 15) is 15.3 Å². The Morgan fingerprint density at radius 1 is 1.06 bits per heavy atom. The van der Waals surface area contributed by atoms with Crippen LogP contribution in [0.25, 0.3) is 0 Å². The predicted octanol–water partition coefficient (Wildman–Crippen LogP) is -0.368. The van der Waals surface area contributed by atoms with Gasteiger partial charge in [-0.1, -0.05) is 12.8 Å². The molecule has 0 amide bonds. The second-order valence-corrected chi connectivity index (χ2v) is 4.59. The van der Waals surface area contributed by atoms with Gasteiger partial charge in [0, 0.05) is 12.5 Å². The van der Waals surface area contributed by atoms with E-state index in [2.05, 4.69) is 0 Å². The molecule has 3 rings (SSSR count). The second kappa shape index (κ2) is 5.42. The summed E-state index contributed by atoms with van der Waals surface area (Å²) >= 11 is 0. The van der Waals surface area contributed by atoms with Gasteiger partial charge in [-0.05, 0) is 12.8 Å². The van der Waals surface area contributed by atoms with Crippen molar-refractivity contribution < 1.29 is 24.8 Å². The van der Waals surface area contributed by atoms with E-state index in [1.807, 2.05) is 0 Å². The van der Waals surface area contributed by atoms with Crippen molar-refractivity contribution in [1.29, 1.82) is 0 Å². The van der Waals surface area contributed by atoms with Crippen molar-refractivity contribution in [2.75, 3.05) is 13.2 Å². The van der Waals surface area contributed by atoms with Crippen LogP contribution in [-0.2, 0) is 9.47 Å². The number of ether oxygens (including phenoxy) is 2. The van der Waals surface area contributed by atoms with Crippen molar-refractivity contribution in [3.8, 4) is 0 Å². The van der Waals surface area contributed by atoms with Crippen LogP contribution in [0.2, 0.25) is 0 Å². The van der Waals surface area contributed by atoms with Gasteiger partial charge in [-0.25, -0.2) is 0 Å². The van der Waals surface area contributed by atoms with Gasteiger partial charge in [0.15, 0.2) is 6.29 Å². The Morgan fingerprint density at radius 3 is 2.62 bits per heavy atom. The van der Waals surface area contributed by atoms with Crippen LogP contribution >= 0.6 is 0 Å². The molecule has 0 saturated carbocycles. The lowest BCUT2D eigenvalue weighted by Gasteiger charge is -2.42. The molecule has 2 bridgehead atoms. The van der Waals surface area contributed by atoms with Crippen LogP contribution in [0.3, 0.4) is 0 Å². The molecule has 3 heterocycles. The average Bonchev–Trinajstić information content (AvgIpc) is 2.31. The summed E-state index contributed by atoms with van der Waals surface area (Å²) in [7, 11) is 0. The summed E-state index contributed by atoms with van der Waals surface area (Å²) in [6.45, 7) is 0.381. The van der Waals surface area contributed by atoms with Gasteiger partial charge in [-0.2, -0.15) is 0 Å². The van der Waals surface area contributed by atoms with Crippen LogP contribution in [0, 0.1) is 5.92 Å². The van der Waals surface area contributed by atoms with Crippen LogP contribution in [0.15, 0.2) is 0 Å². The quantitative estimate of drug-likeness (QED) is 0.575. The molecule has 3 fully saturated rings. The summed E-state index contributed by atoms with van der Waals surface area (Å²) in [4.78, 5) is 0. The second-order valence-electron chi connectivity index (χ2n) is 4.59. The van der Waals surface area contributed by atoms with Crippen molar-refractivity contribution in [2.24, 2.45) is 5.92 Å². The third kappa shape index (κ3) is 2.38. The molecule has 5 nitrogen and oxygen atoms in total. The molecule has 0 spiro atoms. The minimum atomic E-state index is -1.01. The summed E-state index contributed by atoms with van der Waals surface area (Å²) < 4.78 is 10.9. The lowest BCUT2D eigenvalue weighted by molar-refractivity contribution is -0.293. The molecule has 0 aromatic rings. The predicted molar refractivity (Wildman–Crippen MR) is 55.7 cm³/mol. The number of aliphatic hydroxyl groups excluding tert-OH is 3. The van der Waals surface area contributed by atoms with E-state index in [4.69, 9.17) is 9.47 Å². The maximum Gasteiger partial charge on any atom is 0.186 e. The van der Waals surface area contributed by atoms with Crippen molar-refractivity contribution in [1.82, 2.24) is 0 Å². The van der Waals surface area contributed by atoms with E-state index in [1.54, 1.807) is 0 Å². The maximum atomic E-state index is 9.97. The van der Waals surface area contributed by atoms with Gasteiger partial charge in [0.2, 0.25) is 0 Å². The highest BCUT2D eigenvalue weighted by molar-refractivity contribution is 4.89. The first-order valence-corrected chi connectivity index (χ1v) is 5.98. The number of hydrogen-bond donors (Lipinski definition) is 3. The van der Waals surface area contributed by atoms with Gasteiger partial charge in [0.25, 0.3) is 0 Å². The van der Waals surface area contributed by atoms with Crippen molar-refractivity contribution >= 4 is 0 Å². The molecule has 0 aliphatic carbocycles. The van der Waals surface area contributed by atoms with Gasteiger partial charge < -0.3 is 24.8 Å². The zero-order valence-corrected chi connectivity index (χ0v) is 9.29.